The highest BCUT2D eigenvalue weighted by Crippen LogP contribution is 2.01. The Kier molecular flexibility index (Phi) is 5.13. The lowest BCUT2D eigenvalue weighted by molar-refractivity contribution is -0.122. The van der Waals surface area contributed by atoms with Gasteiger partial charge in [-0.15, -0.1) is 0 Å². The summed E-state index contributed by atoms with van der Waals surface area (Å²) >= 11 is 0. The summed E-state index contributed by atoms with van der Waals surface area (Å²) in [6.45, 7) is 1.44. The SMILES string of the molecule is CC(O)C(NC(=O)OCc1ccccc1)C(N)=O. The second kappa shape index (κ2) is 6.61. The number of hydrogen-bond acceptors (Lipinski definition) is 4. The maximum atomic E-state index is 11.4. The number of aliphatic hydroxyl groups is 1. The zero-order chi connectivity index (χ0) is 13.5. The van der Waals surface area contributed by atoms with Crippen molar-refractivity contribution >= 4 is 12.0 Å². The molecule has 0 saturated carbocycles. The summed E-state index contributed by atoms with van der Waals surface area (Å²) in [7, 11) is 0. The van der Waals surface area contributed by atoms with E-state index in [-0.39, 0.29) is 6.61 Å². The fourth-order valence-corrected chi connectivity index (χ4v) is 1.32. The Bertz CT molecular complexity index is 406. The average Bonchev–Trinajstić information content (AvgIpc) is 2.34. The van der Waals surface area contributed by atoms with E-state index in [2.05, 4.69) is 5.32 Å². The zero-order valence-electron chi connectivity index (χ0n) is 10.00. The quantitative estimate of drug-likeness (QED) is 0.694. The monoisotopic (exact) mass is 252 g/mol. The Balaban J connectivity index is 2.44. The number of ether oxygens (including phenoxy) is 1. The van der Waals surface area contributed by atoms with Gasteiger partial charge in [0.2, 0.25) is 5.91 Å². The summed E-state index contributed by atoms with van der Waals surface area (Å²) in [5.74, 6) is -0.818. The number of carbonyl (C=O) groups is 2. The van der Waals surface area contributed by atoms with E-state index >= 15 is 0 Å². The summed E-state index contributed by atoms with van der Waals surface area (Å²) in [6, 6.07) is 7.92. The first-order valence-corrected chi connectivity index (χ1v) is 5.45. The molecule has 1 aromatic carbocycles. The van der Waals surface area contributed by atoms with E-state index in [9.17, 15) is 14.7 Å². The molecule has 0 radical (unpaired) electrons. The third kappa shape index (κ3) is 4.42. The Morgan fingerprint density at radius 2 is 2.00 bits per heavy atom. The third-order valence-corrected chi connectivity index (χ3v) is 2.28. The second-order valence-electron chi connectivity index (χ2n) is 3.83. The molecule has 0 aliphatic heterocycles. The number of carbonyl (C=O) groups excluding carboxylic acids is 2. The van der Waals surface area contributed by atoms with Crippen LogP contribution in [0.25, 0.3) is 0 Å². The fourth-order valence-electron chi connectivity index (χ4n) is 1.32. The lowest BCUT2D eigenvalue weighted by atomic mass is 10.2. The van der Waals surface area contributed by atoms with Crippen LogP contribution in [0.4, 0.5) is 4.79 Å². The molecule has 1 rings (SSSR count). The van der Waals surface area contributed by atoms with Crippen LogP contribution in [0.3, 0.4) is 0 Å². The van der Waals surface area contributed by atoms with Crippen LogP contribution in [0, 0.1) is 0 Å². The van der Waals surface area contributed by atoms with Gasteiger partial charge in [0.05, 0.1) is 6.10 Å². The van der Waals surface area contributed by atoms with Crippen molar-refractivity contribution in [2.24, 2.45) is 5.73 Å². The topological polar surface area (TPSA) is 102 Å². The van der Waals surface area contributed by atoms with Crippen LogP contribution in [0.5, 0.6) is 0 Å². The van der Waals surface area contributed by atoms with Crippen molar-refractivity contribution in [1.82, 2.24) is 5.32 Å². The Labute approximate surface area is 105 Å². The van der Waals surface area contributed by atoms with Gasteiger partial charge in [0.25, 0.3) is 0 Å². The molecule has 6 heteroatoms. The van der Waals surface area contributed by atoms with Gasteiger partial charge in [0, 0.05) is 0 Å². The van der Waals surface area contributed by atoms with Crippen molar-refractivity contribution in [2.45, 2.75) is 25.7 Å². The Hall–Kier alpha value is -2.08. The molecule has 1 aromatic rings. The first kappa shape index (κ1) is 14.0. The Morgan fingerprint density at radius 1 is 1.39 bits per heavy atom. The number of alkyl carbamates (subject to hydrolysis) is 1. The molecule has 6 nitrogen and oxygen atoms in total. The van der Waals surface area contributed by atoms with E-state index in [1.807, 2.05) is 18.2 Å². The maximum Gasteiger partial charge on any atom is 0.408 e. The van der Waals surface area contributed by atoms with Crippen LogP contribution in [0.15, 0.2) is 30.3 Å². The van der Waals surface area contributed by atoms with Crippen molar-refractivity contribution in [1.29, 1.82) is 0 Å². The van der Waals surface area contributed by atoms with Gasteiger partial charge >= 0.3 is 6.09 Å². The van der Waals surface area contributed by atoms with Gasteiger partial charge in [0.1, 0.15) is 12.6 Å². The second-order valence-corrected chi connectivity index (χ2v) is 3.83. The van der Waals surface area contributed by atoms with Gasteiger partial charge in [-0.2, -0.15) is 0 Å². The molecule has 0 saturated heterocycles. The van der Waals surface area contributed by atoms with Crippen LogP contribution < -0.4 is 11.1 Å². The molecule has 0 aliphatic carbocycles. The number of hydrogen-bond donors (Lipinski definition) is 3. The highest BCUT2D eigenvalue weighted by atomic mass is 16.5. The number of amides is 2. The van der Waals surface area contributed by atoms with Crippen molar-refractivity contribution < 1.29 is 19.4 Å². The molecule has 4 N–H and O–H groups in total. The standard InChI is InChI=1S/C12H16N2O4/c1-8(15)10(11(13)16)14-12(17)18-7-9-5-3-2-4-6-9/h2-6,8,10,15H,7H2,1H3,(H2,13,16)(H,14,17). The maximum absolute atomic E-state index is 11.4. The summed E-state index contributed by atoms with van der Waals surface area (Å²) in [6.07, 6.45) is -1.88. The number of nitrogens with one attached hydrogen (secondary N) is 1. The van der Waals surface area contributed by atoms with Crippen LogP contribution >= 0.6 is 0 Å². The van der Waals surface area contributed by atoms with E-state index < -0.39 is 24.1 Å². The molecule has 0 fully saturated rings. The fraction of sp³-hybridized carbons (Fsp3) is 0.333. The summed E-state index contributed by atoms with van der Waals surface area (Å²) < 4.78 is 4.89. The van der Waals surface area contributed by atoms with E-state index in [1.54, 1.807) is 12.1 Å². The highest BCUT2D eigenvalue weighted by molar-refractivity contribution is 5.84. The number of nitrogens with two attached hydrogens (primary N) is 1. The van der Waals surface area contributed by atoms with Crippen LogP contribution in [0.2, 0.25) is 0 Å². The molecule has 0 aromatic heterocycles. The number of aliphatic hydroxyl groups excluding tert-OH is 1. The molecule has 98 valence electrons. The van der Waals surface area contributed by atoms with Crippen molar-refractivity contribution in [3.05, 3.63) is 35.9 Å². The van der Waals surface area contributed by atoms with Gasteiger partial charge in [-0.05, 0) is 12.5 Å². The van der Waals surface area contributed by atoms with E-state index in [4.69, 9.17) is 10.5 Å². The van der Waals surface area contributed by atoms with Crippen molar-refractivity contribution in [3.8, 4) is 0 Å². The molecule has 18 heavy (non-hydrogen) atoms. The molecule has 0 heterocycles. The van der Waals surface area contributed by atoms with Crippen LogP contribution in [-0.2, 0) is 16.1 Å². The minimum atomic E-state index is -1.16. The first-order chi connectivity index (χ1) is 8.50. The minimum Gasteiger partial charge on any atom is -0.445 e. The largest absolute Gasteiger partial charge is 0.445 e. The summed E-state index contributed by atoms with van der Waals surface area (Å²) in [5.41, 5.74) is 5.84. The average molecular weight is 252 g/mol. The highest BCUT2D eigenvalue weighted by Gasteiger charge is 2.23. The van der Waals surface area contributed by atoms with Gasteiger partial charge in [0.15, 0.2) is 0 Å². The molecule has 0 bridgehead atoms. The number of primary amides is 1. The third-order valence-electron chi connectivity index (χ3n) is 2.28. The van der Waals surface area contributed by atoms with Gasteiger partial charge in [-0.1, -0.05) is 30.3 Å². The van der Waals surface area contributed by atoms with Crippen LogP contribution in [-0.4, -0.2) is 29.3 Å². The molecular formula is C12H16N2O4. The lowest BCUT2D eigenvalue weighted by Gasteiger charge is -2.17. The van der Waals surface area contributed by atoms with Crippen LogP contribution in [0.1, 0.15) is 12.5 Å². The first-order valence-electron chi connectivity index (χ1n) is 5.45. The van der Waals surface area contributed by atoms with E-state index in [0.29, 0.717) is 0 Å². The van der Waals surface area contributed by atoms with Crippen molar-refractivity contribution in [3.63, 3.8) is 0 Å². The molecule has 0 aliphatic rings. The van der Waals surface area contributed by atoms with Gasteiger partial charge in [-0.25, -0.2) is 4.79 Å². The predicted octanol–water partition coefficient (Wildman–Crippen LogP) is 0.148. The summed E-state index contributed by atoms with van der Waals surface area (Å²) in [5, 5.41) is 11.4. The van der Waals surface area contributed by atoms with Crippen molar-refractivity contribution in [2.75, 3.05) is 0 Å². The summed E-state index contributed by atoms with van der Waals surface area (Å²) in [4.78, 5) is 22.3. The normalized spacial score (nSPS) is 13.4. The smallest absolute Gasteiger partial charge is 0.408 e. The number of rotatable bonds is 5. The molecule has 2 amide bonds. The molecule has 2 atom stereocenters. The molecule has 0 spiro atoms. The van der Waals surface area contributed by atoms with Gasteiger partial charge in [-0.3, -0.25) is 4.79 Å². The van der Waals surface area contributed by atoms with Gasteiger partial charge < -0.3 is 20.9 Å². The molecular weight excluding hydrogens is 236 g/mol. The minimum absolute atomic E-state index is 0.0813. The lowest BCUT2D eigenvalue weighted by Crippen LogP contribution is -2.50. The van der Waals surface area contributed by atoms with E-state index in [1.165, 1.54) is 6.92 Å². The Morgan fingerprint density at radius 3 is 2.50 bits per heavy atom. The predicted molar refractivity (Wildman–Crippen MR) is 64.4 cm³/mol. The zero-order valence-corrected chi connectivity index (χ0v) is 10.00. The number of benzene rings is 1. The van der Waals surface area contributed by atoms with E-state index in [0.717, 1.165) is 5.56 Å². The molecule has 2 unspecified atom stereocenters.